The number of nitro groups is 1. The number of alkyl halides is 3. The van der Waals surface area contributed by atoms with E-state index in [9.17, 15) is 36.5 Å². The molecule has 0 heterocycles. The summed E-state index contributed by atoms with van der Waals surface area (Å²) in [7, 11) is -2.98. The summed E-state index contributed by atoms with van der Waals surface area (Å²) in [6.07, 6.45) is 0. The maximum Gasteiger partial charge on any atom is 0.501 e. The quantitative estimate of drug-likeness (QED) is 0.512. The van der Waals surface area contributed by atoms with Gasteiger partial charge in [0, 0.05) is 18.8 Å². The van der Waals surface area contributed by atoms with E-state index < -0.39 is 43.3 Å². The second-order valence-corrected chi connectivity index (χ2v) is 7.93. The Balaban J connectivity index is 2.24. The normalized spacial score (nSPS) is 11.6. The molecule has 2 aromatic rings. The van der Waals surface area contributed by atoms with E-state index in [1.54, 1.807) is 24.3 Å². The van der Waals surface area contributed by atoms with Crippen molar-refractivity contribution in [1.82, 2.24) is 0 Å². The minimum absolute atomic E-state index is 0.231. The van der Waals surface area contributed by atoms with Crippen LogP contribution in [0.25, 0.3) is 0 Å². The Morgan fingerprint density at radius 1 is 1.20 bits per heavy atom. The van der Waals surface area contributed by atoms with Crippen molar-refractivity contribution in [2.75, 3.05) is 30.9 Å². The number of likely N-dealkylation sites (N-methyl/N-ethyl adjacent to an activating group) is 1. The smallest absolute Gasteiger partial charge is 0.497 e. The third-order valence-electron chi connectivity index (χ3n) is 3.92. The number of methoxy groups -OCH3 is 1. The van der Waals surface area contributed by atoms with E-state index in [1.165, 1.54) is 14.2 Å². The van der Waals surface area contributed by atoms with Crippen LogP contribution >= 0.6 is 0 Å². The predicted molar refractivity (Wildman–Crippen MR) is 101 cm³/mol. The standard InChI is InChI=1S/C17H16F3N3O6S/c1-22(10-16(24)21-11-3-5-12(29-2)6-4-11)14-8-7-13(9-15(14)23(25)26)30(27,28)17(18,19)20/h3-9H,10H2,1-2H3,(H,21,24). The van der Waals surface area contributed by atoms with Crippen LogP contribution in [-0.2, 0) is 14.6 Å². The largest absolute Gasteiger partial charge is 0.501 e. The molecular weight excluding hydrogens is 431 g/mol. The van der Waals surface area contributed by atoms with Crippen molar-refractivity contribution in [3.63, 3.8) is 0 Å². The molecule has 0 fully saturated rings. The third-order valence-corrected chi connectivity index (χ3v) is 5.41. The average Bonchev–Trinajstić information content (AvgIpc) is 2.67. The van der Waals surface area contributed by atoms with Gasteiger partial charge in [0.05, 0.1) is 23.5 Å². The molecule has 0 spiro atoms. The number of anilines is 2. The van der Waals surface area contributed by atoms with Crippen molar-refractivity contribution in [1.29, 1.82) is 0 Å². The molecule has 9 nitrogen and oxygen atoms in total. The summed E-state index contributed by atoms with van der Waals surface area (Å²) in [5.74, 6) is -0.00130. The number of rotatable bonds is 7. The van der Waals surface area contributed by atoms with Crippen LogP contribution in [0, 0.1) is 10.1 Å². The number of hydrogen-bond donors (Lipinski definition) is 1. The Bertz CT molecular complexity index is 1060. The lowest BCUT2D eigenvalue weighted by Gasteiger charge is -2.19. The molecule has 30 heavy (non-hydrogen) atoms. The molecule has 1 N–H and O–H groups in total. The average molecular weight is 447 g/mol. The van der Waals surface area contributed by atoms with Crippen molar-refractivity contribution in [2.45, 2.75) is 10.4 Å². The van der Waals surface area contributed by atoms with Gasteiger partial charge in [-0.05, 0) is 36.4 Å². The van der Waals surface area contributed by atoms with Crippen LogP contribution in [0.5, 0.6) is 5.75 Å². The van der Waals surface area contributed by atoms with Gasteiger partial charge in [0.2, 0.25) is 5.91 Å². The second kappa shape index (κ2) is 8.57. The minimum Gasteiger partial charge on any atom is -0.497 e. The summed E-state index contributed by atoms with van der Waals surface area (Å²) in [6, 6.07) is 8.09. The first-order valence-electron chi connectivity index (χ1n) is 8.11. The van der Waals surface area contributed by atoms with Gasteiger partial charge >= 0.3 is 5.51 Å². The number of hydrogen-bond acceptors (Lipinski definition) is 7. The maximum atomic E-state index is 12.7. The molecule has 0 aliphatic carbocycles. The van der Waals surface area contributed by atoms with Gasteiger partial charge in [-0.2, -0.15) is 13.2 Å². The molecule has 0 bridgehead atoms. The zero-order chi connectivity index (χ0) is 22.7. The van der Waals surface area contributed by atoms with E-state index in [2.05, 4.69) is 5.32 Å². The number of benzene rings is 2. The lowest BCUT2D eigenvalue weighted by atomic mass is 10.2. The van der Waals surface area contributed by atoms with Crippen LogP contribution in [0.2, 0.25) is 0 Å². The van der Waals surface area contributed by atoms with Crippen LogP contribution in [0.4, 0.5) is 30.2 Å². The molecule has 2 rings (SSSR count). The Hall–Kier alpha value is -3.35. The third kappa shape index (κ3) is 4.97. The van der Waals surface area contributed by atoms with E-state index in [4.69, 9.17) is 4.74 Å². The van der Waals surface area contributed by atoms with Gasteiger partial charge in [-0.15, -0.1) is 0 Å². The first kappa shape index (κ1) is 22.9. The van der Waals surface area contributed by atoms with Crippen LogP contribution in [0.3, 0.4) is 0 Å². The molecule has 0 aliphatic heterocycles. The van der Waals surface area contributed by atoms with Crippen LogP contribution in [0.15, 0.2) is 47.4 Å². The van der Waals surface area contributed by atoms with E-state index in [0.717, 1.165) is 11.0 Å². The zero-order valence-electron chi connectivity index (χ0n) is 15.6. The molecule has 0 atom stereocenters. The van der Waals surface area contributed by atoms with Crippen LogP contribution < -0.4 is 15.0 Å². The first-order valence-corrected chi connectivity index (χ1v) is 9.60. The number of amides is 1. The summed E-state index contributed by atoms with van der Waals surface area (Å²) >= 11 is 0. The molecule has 0 radical (unpaired) electrons. The van der Waals surface area contributed by atoms with Crippen LogP contribution in [0.1, 0.15) is 0 Å². The summed E-state index contributed by atoms with van der Waals surface area (Å²) in [6.45, 7) is -0.391. The summed E-state index contributed by atoms with van der Waals surface area (Å²) < 4.78 is 66.1. The fraction of sp³-hybridized carbons (Fsp3) is 0.235. The van der Waals surface area contributed by atoms with Crippen LogP contribution in [-0.4, -0.2) is 45.5 Å². The Kier molecular flexibility index (Phi) is 6.55. The van der Waals surface area contributed by atoms with E-state index in [-0.39, 0.29) is 5.69 Å². The Morgan fingerprint density at radius 2 is 1.80 bits per heavy atom. The highest BCUT2D eigenvalue weighted by Crippen LogP contribution is 2.35. The van der Waals surface area contributed by atoms with Gasteiger partial charge in [0.25, 0.3) is 15.5 Å². The highest BCUT2D eigenvalue weighted by atomic mass is 32.2. The molecule has 0 aromatic heterocycles. The molecule has 0 unspecified atom stereocenters. The van der Waals surface area contributed by atoms with Gasteiger partial charge in [-0.25, -0.2) is 8.42 Å². The highest BCUT2D eigenvalue weighted by molar-refractivity contribution is 7.92. The fourth-order valence-electron chi connectivity index (χ4n) is 2.45. The summed E-state index contributed by atoms with van der Waals surface area (Å²) in [4.78, 5) is 22.3. The highest BCUT2D eigenvalue weighted by Gasteiger charge is 2.47. The van der Waals surface area contributed by atoms with Crippen molar-refractivity contribution in [3.8, 4) is 5.75 Å². The number of nitro benzene ring substituents is 1. The molecule has 13 heteroatoms. The molecule has 2 aromatic carbocycles. The summed E-state index contributed by atoms with van der Waals surface area (Å²) in [5.41, 5.74) is -6.30. The van der Waals surface area contributed by atoms with Crippen molar-refractivity contribution < 1.29 is 36.0 Å². The number of carbonyl (C=O) groups is 1. The van der Waals surface area contributed by atoms with Gasteiger partial charge in [0.1, 0.15) is 11.4 Å². The minimum atomic E-state index is -5.76. The monoisotopic (exact) mass is 447 g/mol. The molecule has 0 saturated carbocycles. The van der Waals surface area contributed by atoms with E-state index >= 15 is 0 Å². The van der Waals surface area contributed by atoms with Crippen molar-refractivity contribution in [3.05, 3.63) is 52.6 Å². The van der Waals surface area contributed by atoms with E-state index in [0.29, 0.717) is 23.6 Å². The maximum absolute atomic E-state index is 12.7. The number of ether oxygens (including phenoxy) is 1. The number of carbonyl (C=O) groups excluding carboxylic acids is 1. The first-order chi connectivity index (χ1) is 13.9. The van der Waals surface area contributed by atoms with Crippen molar-refractivity contribution in [2.24, 2.45) is 0 Å². The van der Waals surface area contributed by atoms with E-state index in [1.807, 2.05) is 0 Å². The lowest BCUT2D eigenvalue weighted by Crippen LogP contribution is -2.30. The van der Waals surface area contributed by atoms with Gasteiger partial charge in [0.15, 0.2) is 0 Å². The fourth-order valence-corrected chi connectivity index (χ4v) is 3.23. The molecule has 1 amide bonds. The number of halogens is 3. The number of nitrogens with one attached hydrogen (secondary N) is 1. The number of sulfone groups is 1. The molecular formula is C17H16F3N3O6S. The SMILES string of the molecule is COc1ccc(NC(=O)CN(C)c2ccc(S(=O)(=O)C(F)(F)F)cc2[N+](=O)[O-])cc1. The van der Waals surface area contributed by atoms with Gasteiger partial charge in [-0.1, -0.05) is 0 Å². The Labute approximate surface area is 169 Å². The topological polar surface area (TPSA) is 119 Å². The molecule has 0 saturated heterocycles. The van der Waals surface area contributed by atoms with Gasteiger partial charge < -0.3 is 15.0 Å². The molecule has 162 valence electrons. The summed E-state index contributed by atoms with van der Waals surface area (Å²) in [5, 5.41) is 13.8. The Morgan fingerprint density at radius 3 is 2.30 bits per heavy atom. The lowest BCUT2D eigenvalue weighted by molar-refractivity contribution is -0.384. The van der Waals surface area contributed by atoms with Crippen molar-refractivity contribution >= 4 is 32.8 Å². The van der Waals surface area contributed by atoms with Gasteiger partial charge in [-0.3, -0.25) is 14.9 Å². The molecule has 0 aliphatic rings. The zero-order valence-corrected chi connectivity index (χ0v) is 16.5. The second-order valence-electron chi connectivity index (χ2n) is 5.99. The number of nitrogens with zero attached hydrogens (tertiary/aromatic N) is 2. The predicted octanol–water partition coefficient (Wildman–Crippen LogP) is 2.97.